The van der Waals surface area contributed by atoms with Crippen LogP contribution in [-0.2, 0) is 6.42 Å². The molecule has 3 atom stereocenters. The van der Waals surface area contributed by atoms with Crippen LogP contribution in [0, 0.1) is 18.8 Å². The van der Waals surface area contributed by atoms with Gasteiger partial charge in [0.2, 0.25) is 0 Å². The highest BCUT2D eigenvalue weighted by molar-refractivity contribution is 6.20. The zero-order chi connectivity index (χ0) is 13.1. The molecule has 1 saturated carbocycles. The van der Waals surface area contributed by atoms with Crippen molar-refractivity contribution in [3.05, 3.63) is 29.3 Å². The van der Waals surface area contributed by atoms with Crippen LogP contribution in [0.1, 0.15) is 37.3 Å². The normalized spacial score (nSPS) is 28.1. The monoisotopic (exact) mass is 266 g/mol. The molecule has 0 radical (unpaired) electrons. The molecule has 1 aromatic rings. The maximum Gasteiger partial charge on any atom is 0.122 e. The molecule has 100 valence electrons. The maximum absolute atomic E-state index is 6.49. The molecule has 1 aliphatic rings. The second-order valence-corrected chi connectivity index (χ2v) is 6.27. The van der Waals surface area contributed by atoms with Crippen LogP contribution in [0.2, 0.25) is 0 Å². The predicted octanol–water partition coefficient (Wildman–Crippen LogP) is 4.59. The van der Waals surface area contributed by atoms with Crippen molar-refractivity contribution in [2.24, 2.45) is 11.8 Å². The summed E-state index contributed by atoms with van der Waals surface area (Å²) in [6.07, 6.45) is 4.71. The molecule has 0 spiro atoms. The highest BCUT2D eigenvalue weighted by atomic mass is 35.5. The summed E-state index contributed by atoms with van der Waals surface area (Å²) in [5.74, 6) is 2.40. The van der Waals surface area contributed by atoms with Gasteiger partial charge in [-0.15, -0.1) is 11.6 Å². The zero-order valence-corrected chi connectivity index (χ0v) is 12.3. The number of rotatable bonds is 3. The van der Waals surface area contributed by atoms with E-state index in [-0.39, 0.29) is 0 Å². The highest BCUT2D eigenvalue weighted by Crippen LogP contribution is 2.36. The summed E-state index contributed by atoms with van der Waals surface area (Å²) in [6, 6.07) is 6.41. The van der Waals surface area contributed by atoms with Crippen molar-refractivity contribution >= 4 is 11.6 Å². The van der Waals surface area contributed by atoms with Crippen molar-refractivity contribution in [1.29, 1.82) is 0 Å². The van der Waals surface area contributed by atoms with Gasteiger partial charge in [-0.25, -0.2) is 0 Å². The second-order valence-electron chi connectivity index (χ2n) is 5.71. The van der Waals surface area contributed by atoms with Crippen molar-refractivity contribution in [1.82, 2.24) is 0 Å². The summed E-state index contributed by atoms with van der Waals surface area (Å²) < 4.78 is 5.46. The summed E-state index contributed by atoms with van der Waals surface area (Å²) in [5.41, 5.74) is 2.60. The first-order chi connectivity index (χ1) is 8.60. The molecule has 0 bridgehead atoms. The lowest BCUT2D eigenvalue weighted by Crippen LogP contribution is -2.26. The molecule has 0 aliphatic heterocycles. The van der Waals surface area contributed by atoms with Crippen LogP contribution in [0.3, 0.4) is 0 Å². The van der Waals surface area contributed by atoms with Gasteiger partial charge in [0.05, 0.1) is 7.11 Å². The Hall–Kier alpha value is -0.690. The Bertz CT molecular complexity index is 402. The number of methoxy groups -OCH3 is 1. The Morgan fingerprint density at radius 1 is 1.33 bits per heavy atom. The smallest absolute Gasteiger partial charge is 0.122 e. The van der Waals surface area contributed by atoms with E-state index in [1.54, 1.807) is 7.11 Å². The fourth-order valence-corrected chi connectivity index (χ4v) is 3.34. The van der Waals surface area contributed by atoms with Gasteiger partial charge in [-0.1, -0.05) is 24.6 Å². The van der Waals surface area contributed by atoms with Crippen molar-refractivity contribution < 1.29 is 4.74 Å². The predicted molar refractivity (Wildman–Crippen MR) is 77.6 cm³/mol. The van der Waals surface area contributed by atoms with Crippen LogP contribution < -0.4 is 4.74 Å². The van der Waals surface area contributed by atoms with Crippen LogP contribution in [0.5, 0.6) is 5.75 Å². The minimum atomic E-state index is 0.325. The van der Waals surface area contributed by atoms with Gasteiger partial charge in [0, 0.05) is 5.38 Å². The fraction of sp³-hybridized carbons (Fsp3) is 0.625. The van der Waals surface area contributed by atoms with Gasteiger partial charge in [-0.05, 0) is 56.1 Å². The highest BCUT2D eigenvalue weighted by Gasteiger charge is 2.27. The van der Waals surface area contributed by atoms with E-state index in [1.165, 1.54) is 24.0 Å². The minimum Gasteiger partial charge on any atom is -0.496 e. The Balaban J connectivity index is 2.14. The average Bonchev–Trinajstić information content (AvgIpc) is 2.34. The number of hydrogen-bond acceptors (Lipinski definition) is 1. The van der Waals surface area contributed by atoms with Crippen molar-refractivity contribution in [2.45, 2.75) is 44.9 Å². The lowest BCUT2D eigenvalue weighted by atomic mass is 9.79. The Morgan fingerprint density at radius 3 is 2.83 bits per heavy atom. The largest absolute Gasteiger partial charge is 0.496 e. The summed E-state index contributed by atoms with van der Waals surface area (Å²) in [7, 11) is 1.75. The van der Waals surface area contributed by atoms with Gasteiger partial charge in [-0.3, -0.25) is 0 Å². The lowest BCUT2D eigenvalue weighted by molar-refractivity contribution is 0.284. The van der Waals surface area contributed by atoms with E-state index >= 15 is 0 Å². The van der Waals surface area contributed by atoms with E-state index in [2.05, 4.69) is 32.0 Å². The molecule has 0 N–H and O–H groups in total. The molecular formula is C16H23ClO. The Morgan fingerprint density at radius 2 is 2.11 bits per heavy atom. The quantitative estimate of drug-likeness (QED) is 0.727. The number of aryl methyl sites for hydroxylation is 1. The molecular weight excluding hydrogens is 244 g/mol. The number of halogens is 1. The Labute approximate surface area is 115 Å². The van der Waals surface area contributed by atoms with Crippen molar-refractivity contribution in [2.75, 3.05) is 7.11 Å². The van der Waals surface area contributed by atoms with Crippen LogP contribution in [0.25, 0.3) is 0 Å². The molecule has 0 heterocycles. The van der Waals surface area contributed by atoms with Crippen molar-refractivity contribution in [3.8, 4) is 5.75 Å². The number of ether oxygens (including phenoxy) is 1. The lowest BCUT2D eigenvalue weighted by Gasteiger charge is -2.31. The SMILES string of the molecule is COc1ccc(C)cc1CC1CC(C)CCC1Cl. The van der Waals surface area contributed by atoms with E-state index < -0.39 is 0 Å². The number of alkyl halides is 1. The number of benzene rings is 1. The molecule has 0 saturated heterocycles. The van der Waals surface area contributed by atoms with Crippen molar-refractivity contribution in [3.63, 3.8) is 0 Å². The molecule has 1 nitrogen and oxygen atoms in total. The third kappa shape index (κ3) is 3.20. The van der Waals surface area contributed by atoms with Crippen LogP contribution >= 0.6 is 11.6 Å². The molecule has 0 aromatic heterocycles. The maximum atomic E-state index is 6.49. The molecule has 2 rings (SSSR count). The molecule has 1 aliphatic carbocycles. The summed E-state index contributed by atoms with van der Waals surface area (Å²) in [4.78, 5) is 0. The van der Waals surface area contributed by atoms with E-state index in [0.717, 1.165) is 24.5 Å². The first-order valence-electron chi connectivity index (χ1n) is 6.87. The third-order valence-corrected chi connectivity index (χ3v) is 4.64. The topological polar surface area (TPSA) is 9.23 Å². The molecule has 0 amide bonds. The van der Waals surface area contributed by atoms with Crippen LogP contribution in [0.15, 0.2) is 18.2 Å². The summed E-state index contributed by atoms with van der Waals surface area (Å²) >= 11 is 6.49. The standard InChI is InChI=1S/C16H23ClO/c1-11-4-6-15(17)13(8-11)10-14-9-12(2)5-7-16(14)18-3/h5,7,9,11,13,15H,4,6,8,10H2,1-3H3. The van der Waals surface area contributed by atoms with Gasteiger partial charge in [0.25, 0.3) is 0 Å². The molecule has 2 heteroatoms. The first kappa shape index (κ1) is 13.7. The van der Waals surface area contributed by atoms with Gasteiger partial charge in [-0.2, -0.15) is 0 Å². The van der Waals surface area contributed by atoms with E-state index in [0.29, 0.717) is 11.3 Å². The summed E-state index contributed by atoms with van der Waals surface area (Å²) in [5, 5.41) is 0.325. The van der Waals surface area contributed by atoms with Gasteiger partial charge in [0.1, 0.15) is 5.75 Å². The fourth-order valence-electron chi connectivity index (χ4n) is 3.02. The Kier molecular flexibility index (Phi) is 4.55. The summed E-state index contributed by atoms with van der Waals surface area (Å²) in [6.45, 7) is 4.47. The average molecular weight is 267 g/mol. The van der Waals surface area contributed by atoms with E-state index in [9.17, 15) is 0 Å². The van der Waals surface area contributed by atoms with Crippen LogP contribution in [-0.4, -0.2) is 12.5 Å². The third-order valence-electron chi connectivity index (χ3n) is 4.07. The molecule has 18 heavy (non-hydrogen) atoms. The number of hydrogen-bond donors (Lipinski definition) is 0. The van der Waals surface area contributed by atoms with E-state index in [1.807, 2.05) is 0 Å². The first-order valence-corrected chi connectivity index (χ1v) is 7.31. The molecule has 1 aromatic carbocycles. The van der Waals surface area contributed by atoms with Gasteiger partial charge >= 0.3 is 0 Å². The van der Waals surface area contributed by atoms with Gasteiger partial charge in [0.15, 0.2) is 0 Å². The molecule has 3 unspecified atom stereocenters. The second kappa shape index (κ2) is 5.97. The van der Waals surface area contributed by atoms with Gasteiger partial charge < -0.3 is 4.74 Å². The van der Waals surface area contributed by atoms with E-state index in [4.69, 9.17) is 16.3 Å². The molecule has 1 fully saturated rings. The zero-order valence-electron chi connectivity index (χ0n) is 11.6. The van der Waals surface area contributed by atoms with Crippen LogP contribution in [0.4, 0.5) is 0 Å². The minimum absolute atomic E-state index is 0.325.